The Hall–Kier alpha value is -0.730. The molecule has 0 aromatic heterocycles. The number of piperazine rings is 1. The van der Waals surface area contributed by atoms with E-state index in [0.29, 0.717) is 46.1 Å². The molecule has 0 aromatic carbocycles. The Morgan fingerprint density at radius 2 is 1.95 bits per heavy atom. The maximum atomic E-state index is 12.0. The lowest BCUT2D eigenvalue weighted by molar-refractivity contribution is -0.127. The van der Waals surface area contributed by atoms with E-state index in [9.17, 15) is 4.79 Å². The van der Waals surface area contributed by atoms with Crippen LogP contribution < -0.4 is 10.6 Å². The predicted octanol–water partition coefficient (Wildman–Crippen LogP) is -0.924. The van der Waals surface area contributed by atoms with Crippen molar-refractivity contribution in [3.8, 4) is 0 Å². The second-order valence-electron chi connectivity index (χ2n) is 4.87. The minimum atomic E-state index is -0.0970. The van der Waals surface area contributed by atoms with Gasteiger partial charge in [-0.3, -0.25) is 9.69 Å². The molecule has 2 N–H and O–H groups in total. The zero-order valence-corrected chi connectivity index (χ0v) is 13.2. The first-order chi connectivity index (χ1) is 10.3. The maximum absolute atomic E-state index is 12.0. The highest BCUT2D eigenvalue weighted by Gasteiger charge is 2.27. The highest BCUT2D eigenvalue weighted by Crippen LogP contribution is 2.03. The average Bonchev–Trinajstić information content (AvgIpc) is 2.50. The highest BCUT2D eigenvalue weighted by atomic mass is 16.5. The van der Waals surface area contributed by atoms with Gasteiger partial charge in [0.15, 0.2) is 0 Å². The normalized spacial score (nSPS) is 19.6. The van der Waals surface area contributed by atoms with Crippen LogP contribution in [-0.2, 0) is 19.0 Å². The van der Waals surface area contributed by atoms with Crippen LogP contribution in [0.3, 0.4) is 0 Å². The lowest BCUT2D eigenvalue weighted by Gasteiger charge is -2.34. The largest absolute Gasteiger partial charge is 0.382 e. The molecule has 1 unspecified atom stereocenters. The van der Waals surface area contributed by atoms with Gasteiger partial charge in [-0.05, 0) is 6.92 Å². The van der Waals surface area contributed by atoms with Gasteiger partial charge in [0.25, 0.3) is 0 Å². The van der Waals surface area contributed by atoms with Crippen molar-refractivity contribution in [2.24, 2.45) is 0 Å². The molecule has 1 rings (SSSR count). The Labute approximate surface area is 127 Å². The lowest BCUT2D eigenvalue weighted by atomic mass is 10.2. The second kappa shape index (κ2) is 11.9. The van der Waals surface area contributed by atoms with E-state index in [4.69, 9.17) is 14.2 Å². The molecular formula is C14H29N3O4. The van der Waals surface area contributed by atoms with Crippen LogP contribution in [0.15, 0.2) is 0 Å². The summed E-state index contributed by atoms with van der Waals surface area (Å²) in [6, 6.07) is -0.0970. The van der Waals surface area contributed by atoms with Crippen molar-refractivity contribution in [1.29, 1.82) is 0 Å². The third-order valence-electron chi connectivity index (χ3n) is 3.33. The minimum Gasteiger partial charge on any atom is -0.382 e. The molecule has 1 aliphatic heterocycles. The third kappa shape index (κ3) is 7.73. The molecule has 1 atom stereocenters. The van der Waals surface area contributed by atoms with Gasteiger partial charge in [0.1, 0.15) is 6.04 Å². The molecule has 1 fully saturated rings. The van der Waals surface area contributed by atoms with E-state index in [-0.39, 0.29) is 11.9 Å². The SMILES string of the molecule is CCNC(=O)C1CNCCN1CCOCCOCCOC. The monoisotopic (exact) mass is 303 g/mol. The summed E-state index contributed by atoms with van der Waals surface area (Å²) in [6.07, 6.45) is 0. The van der Waals surface area contributed by atoms with E-state index in [1.165, 1.54) is 0 Å². The number of methoxy groups -OCH3 is 1. The third-order valence-corrected chi connectivity index (χ3v) is 3.33. The van der Waals surface area contributed by atoms with Gasteiger partial charge >= 0.3 is 0 Å². The smallest absolute Gasteiger partial charge is 0.238 e. The van der Waals surface area contributed by atoms with Crippen LogP contribution in [0.25, 0.3) is 0 Å². The molecule has 21 heavy (non-hydrogen) atoms. The van der Waals surface area contributed by atoms with Gasteiger partial charge in [0.2, 0.25) is 5.91 Å². The Kier molecular flexibility index (Phi) is 10.4. The molecule has 7 nitrogen and oxygen atoms in total. The molecule has 0 spiro atoms. The van der Waals surface area contributed by atoms with E-state index in [2.05, 4.69) is 15.5 Å². The minimum absolute atomic E-state index is 0.0904. The van der Waals surface area contributed by atoms with Gasteiger partial charge in [-0.2, -0.15) is 0 Å². The van der Waals surface area contributed by atoms with E-state index in [1.807, 2.05) is 6.92 Å². The first-order valence-corrected chi connectivity index (χ1v) is 7.66. The Morgan fingerprint density at radius 1 is 1.24 bits per heavy atom. The highest BCUT2D eigenvalue weighted by molar-refractivity contribution is 5.82. The van der Waals surface area contributed by atoms with Gasteiger partial charge in [-0.15, -0.1) is 0 Å². The molecular weight excluding hydrogens is 274 g/mol. The fourth-order valence-corrected chi connectivity index (χ4v) is 2.21. The van der Waals surface area contributed by atoms with Gasteiger partial charge in [-0.1, -0.05) is 0 Å². The molecule has 0 radical (unpaired) electrons. The topological polar surface area (TPSA) is 72.1 Å². The standard InChI is InChI=1S/C14H29N3O4/c1-3-16-14(18)13-12-15-4-5-17(13)6-7-20-10-11-21-9-8-19-2/h13,15H,3-12H2,1-2H3,(H,16,18). The molecule has 0 aromatic rings. The van der Waals surface area contributed by atoms with Crippen molar-refractivity contribution in [1.82, 2.24) is 15.5 Å². The number of carbonyl (C=O) groups is 1. The van der Waals surface area contributed by atoms with Crippen molar-refractivity contribution in [3.63, 3.8) is 0 Å². The number of nitrogens with one attached hydrogen (secondary N) is 2. The molecule has 0 aliphatic carbocycles. The quantitative estimate of drug-likeness (QED) is 0.481. The van der Waals surface area contributed by atoms with Gasteiger partial charge in [-0.25, -0.2) is 0 Å². The molecule has 1 amide bonds. The number of carbonyl (C=O) groups excluding carboxylic acids is 1. The number of hydrogen-bond donors (Lipinski definition) is 2. The summed E-state index contributed by atoms with van der Waals surface area (Å²) in [6.45, 7) is 8.81. The Bertz CT molecular complexity index is 279. The van der Waals surface area contributed by atoms with E-state index in [0.717, 1.165) is 19.6 Å². The second-order valence-corrected chi connectivity index (χ2v) is 4.87. The van der Waals surface area contributed by atoms with E-state index in [1.54, 1.807) is 7.11 Å². The first kappa shape index (κ1) is 18.3. The lowest BCUT2D eigenvalue weighted by Crippen LogP contribution is -2.58. The number of rotatable bonds is 11. The van der Waals surface area contributed by atoms with Crippen LogP contribution in [0.1, 0.15) is 6.92 Å². The van der Waals surface area contributed by atoms with Crippen LogP contribution >= 0.6 is 0 Å². The van der Waals surface area contributed by atoms with Gasteiger partial charge in [0, 0.05) is 39.8 Å². The van der Waals surface area contributed by atoms with Crippen LogP contribution in [0.4, 0.5) is 0 Å². The summed E-state index contributed by atoms with van der Waals surface area (Å²) in [7, 11) is 1.65. The Balaban J connectivity index is 2.12. The maximum Gasteiger partial charge on any atom is 0.238 e. The fourth-order valence-electron chi connectivity index (χ4n) is 2.21. The van der Waals surface area contributed by atoms with Crippen molar-refractivity contribution in [2.75, 3.05) is 72.9 Å². The van der Waals surface area contributed by atoms with Crippen molar-refractivity contribution < 1.29 is 19.0 Å². The van der Waals surface area contributed by atoms with E-state index >= 15 is 0 Å². The van der Waals surface area contributed by atoms with Crippen molar-refractivity contribution >= 4 is 5.91 Å². The summed E-state index contributed by atoms with van der Waals surface area (Å²) in [5.74, 6) is 0.0904. The van der Waals surface area contributed by atoms with Gasteiger partial charge < -0.3 is 24.8 Å². The summed E-state index contributed by atoms with van der Waals surface area (Å²) < 4.78 is 15.8. The first-order valence-electron chi connectivity index (χ1n) is 7.66. The number of likely N-dealkylation sites (N-methyl/N-ethyl adjacent to an activating group) is 1. The van der Waals surface area contributed by atoms with Crippen LogP contribution in [0.2, 0.25) is 0 Å². The number of nitrogens with zero attached hydrogens (tertiary/aromatic N) is 1. The molecule has 1 aliphatic rings. The van der Waals surface area contributed by atoms with E-state index < -0.39 is 0 Å². The predicted molar refractivity (Wildman–Crippen MR) is 80.4 cm³/mol. The molecule has 0 bridgehead atoms. The summed E-state index contributed by atoms with van der Waals surface area (Å²) >= 11 is 0. The summed E-state index contributed by atoms with van der Waals surface area (Å²) in [4.78, 5) is 14.2. The summed E-state index contributed by atoms with van der Waals surface area (Å²) in [5.41, 5.74) is 0. The van der Waals surface area contributed by atoms with Crippen LogP contribution in [-0.4, -0.2) is 89.7 Å². The summed E-state index contributed by atoms with van der Waals surface area (Å²) in [5, 5.41) is 6.14. The fraction of sp³-hybridized carbons (Fsp3) is 0.929. The zero-order chi connectivity index (χ0) is 15.3. The molecule has 7 heteroatoms. The molecule has 0 saturated carbocycles. The van der Waals surface area contributed by atoms with Crippen molar-refractivity contribution in [3.05, 3.63) is 0 Å². The zero-order valence-electron chi connectivity index (χ0n) is 13.2. The van der Waals surface area contributed by atoms with Crippen LogP contribution in [0, 0.1) is 0 Å². The molecule has 124 valence electrons. The number of amides is 1. The molecule has 1 heterocycles. The average molecular weight is 303 g/mol. The number of hydrogen-bond acceptors (Lipinski definition) is 6. The Morgan fingerprint density at radius 3 is 2.67 bits per heavy atom. The van der Waals surface area contributed by atoms with Gasteiger partial charge in [0.05, 0.1) is 33.0 Å². The number of ether oxygens (including phenoxy) is 3. The molecule has 1 saturated heterocycles. The van der Waals surface area contributed by atoms with Crippen molar-refractivity contribution in [2.45, 2.75) is 13.0 Å². The van der Waals surface area contributed by atoms with Crippen LogP contribution in [0.5, 0.6) is 0 Å².